The quantitative estimate of drug-likeness (QED) is 0.908. The first-order valence-corrected chi connectivity index (χ1v) is 5.97. The van der Waals surface area contributed by atoms with E-state index in [1.165, 1.54) is 0 Å². The molecule has 1 aromatic heterocycles. The van der Waals surface area contributed by atoms with Crippen LogP contribution in [0.3, 0.4) is 0 Å². The summed E-state index contributed by atoms with van der Waals surface area (Å²) >= 11 is 6.18. The van der Waals surface area contributed by atoms with Crippen LogP contribution in [0.5, 0.6) is 5.75 Å². The third-order valence-corrected chi connectivity index (χ3v) is 3.42. The first-order valence-electron chi connectivity index (χ1n) is 5.59. The van der Waals surface area contributed by atoms with Crippen LogP contribution >= 0.6 is 11.6 Å². The molecule has 0 saturated heterocycles. The van der Waals surface area contributed by atoms with E-state index in [2.05, 4.69) is 5.10 Å². The van der Waals surface area contributed by atoms with Crippen molar-refractivity contribution in [3.05, 3.63) is 28.4 Å². The highest BCUT2D eigenvalue weighted by Crippen LogP contribution is 2.38. The van der Waals surface area contributed by atoms with Gasteiger partial charge in [0.2, 0.25) is 0 Å². The van der Waals surface area contributed by atoms with Gasteiger partial charge in [0, 0.05) is 17.6 Å². The Labute approximate surface area is 111 Å². The third-order valence-electron chi connectivity index (χ3n) is 3.02. The molecule has 0 spiro atoms. The molecule has 4 nitrogen and oxygen atoms in total. The number of hydrogen-bond donors (Lipinski definition) is 1. The first-order chi connectivity index (χ1) is 8.45. The maximum absolute atomic E-state index is 6.18. The van der Waals surface area contributed by atoms with Crippen LogP contribution in [0.2, 0.25) is 5.02 Å². The number of hydrogen-bond acceptors (Lipinski definition) is 3. The highest BCUT2D eigenvalue weighted by molar-refractivity contribution is 6.31. The molecule has 0 unspecified atom stereocenters. The van der Waals surface area contributed by atoms with Crippen LogP contribution in [0.4, 0.5) is 5.82 Å². The number of rotatable bonds is 2. The molecular weight excluding hydrogens is 250 g/mol. The molecular formula is C13H16ClN3O. The van der Waals surface area contributed by atoms with Gasteiger partial charge in [0.25, 0.3) is 0 Å². The van der Waals surface area contributed by atoms with E-state index in [1.807, 2.05) is 33.0 Å². The summed E-state index contributed by atoms with van der Waals surface area (Å²) in [5.74, 6) is 1.35. The number of methoxy groups -OCH3 is 1. The lowest BCUT2D eigenvalue weighted by Gasteiger charge is -2.11. The van der Waals surface area contributed by atoms with Crippen LogP contribution in [0.15, 0.2) is 12.1 Å². The molecule has 1 aromatic carbocycles. The predicted octanol–water partition coefficient (Wildman–Crippen LogP) is 2.95. The largest absolute Gasteiger partial charge is 0.496 e. The molecule has 2 N–H and O–H groups in total. The minimum atomic E-state index is 0.603. The molecule has 0 aliphatic heterocycles. The molecule has 18 heavy (non-hydrogen) atoms. The van der Waals surface area contributed by atoms with Crippen molar-refractivity contribution >= 4 is 17.4 Å². The van der Waals surface area contributed by atoms with Gasteiger partial charge < -0.3 is 10.5 Å². The maximum Gasteiger partial charge on any atom is 0.129 e. The van der Waals surface area contributed by atoms with Gasteiger partial charge in [-0.1, -0.05) is 11.6 Å². The molecule has 2 rings (SSSR count). The van der Waals surface area contributed by atoms with Crippen LogP contribution in [-0.4, -0.2) is 16.9 Å². The summed E-state index contributed by atoms with van der Waals surface area (Å²) < 4.78 is 7.05. The number of nitrogens with zero attached hydrogens (tertiary/aromatic N) is 2. The number of aryl methyl sites for hydroxylation is 3. The van der Waals surface area contributed by atoms with Crippen LogP contribution in [0.1, 0.15) is 11.3 Å². The maximum atomic E-state index is 6.18. The Morgan fingerprint density at radius 2 is 2.00 bits per heavy atom. The highest BCUT2D eigenvalue weighted by Gasteiger charge is 2.17. The van der Waals surface area contributed by atoms with Crippen molar-refractivity contribution in [3.63, 3.8) is 0 Å². The van der Waals surface area contributed by atoms with E-state index in [4.69, 9.17) is 22.1 Å². The molecule has 0 atom stereocenters. The van der Waals surface area contributed by atoms with Gasteiger partial charge >= 0.3 is 0 Å². The molecule has 0 saturated carbocycles. The van der Waals surface area contributed by atoms with Crippen LogP contribution < -0.4 is 10.5 Å². The summed E-state index contributed by atoms with van der Waals surface area (Å²) in [7, 11) is 3.45. The minimum absolute atomic E-state index is 0.603. The summed E-state index contributed by atoms with van der Waals surface area (Å²) in [6, 6.07) is 3.78. The number of ether oxygens (including phenoxy) is 1. The number of nitrogens with two attached hydrogens (primary N) is 1. The zero-order valence-electron chi connectivity index (χ0n) is 10.9. The monoisotopic (exact) mass is 265 g/mol. The van der Waals surface area contributed by atoms with Gasteiger partial charge in [0.05, 0.1) is 18.4 Å². The summed E-state index contributed by atoms with van der Waals surface area (Å²) in [5.41, 5.74) is 9.62. The van der Waals surface area contributed by atoms with Crippen molar-refractivity contribution in [2.24, 2.45) is 7.05 Å². The van der Waals surface area contributed by atoms with Crippen molar-refractivity contribution < 1.29 is 4.74 Å². The lowest BCUT2D eigenvalue weighted by atomic mass is 10.0. The third kappa shape index (κ3) is 1.93. The van der Waals surface area contributed by atoms with Gasteiger partial charge in [0.15, 0.2) is 0 Å². The molecule has 0 bridgehead atoms. The Bertz CT molecular complexity index is 605. The van der Waals surface area contributed by atoms with E-state index in [9.17, 15) is 0 Å². The Balaban J connectivity index is 2.74. The van der Waals surface area contributed by atoms with Gasteiger partial charge in [-0.15, -0.1) is 0 Å². The zero-order valence-corrected chi connectivity index (χ0v) is 11.7. The normalized spacial score (nSPS) is 10.7. The van der Waals surface area contributed by atoms with Crippen LogP contribution in [0.25, 0.3) is 11.1 Å². The lowest BCUT2D eigenvalue weighted by molar-refractivity contribution is 0.416. The lowest BCUT2D eigenvalue weighted by Crippen LogP contribution is -1.98. The second kappa shape index (κ2) is 4.53. The Morgan fingerprint density at radius 3 is 2.50 bits per heavy atom. The van der Waals surface area contributed by atoms with Gasteiger partial charge in [-0.3, -0.25) is 4.68 Å². The van der Waals surface area contributed by atoms with Gasteiger partial charge in [-0.25, -0.2) is 0 Å². The highest BCUT2D eigenvalue weighted by atomic mass is 35.5. The summed E-state index contributed by atoms with van der Waals surface area (Å²) in [6.45, 7) is 3.85. The van der Waals surface area contributed by atoms with Crippen molar-refractivity contribution in [1.29, 1.82) is 0 Å². The van der Waals surface area contributed by atoms with Crippen molar-refractivity contribution in [2.75, 3.05) is 12.8 Å². The second-order valence-electron chi connectivity index (χ2n) is 4.27. The van der Waals surface area contributed by atoms with Gasteiger partial charge in [-0.05, 0) is 31.5 Å². The molecule has 0 amide bonds. The number of anilines is 1. The zero-order chi connectivity index (χ0) is 13.4. The Hall–Kier alpha value is -1.68. The number of aromatic nitrogens is 2. The first kappa shape index (κ1) is 12.8. The SMILES string of the molecule is COc1cc(C)c(Cl)cc1-c1c(C)nn(C)c1N. The molecule has 5 heteroatoms. The number of nitrogen functional groups attached to an aromatic ring is 1. The van der Waals surface area contributed by atoms with E-state index in [-0.39, 0.29) is 0 Å². The molecule has 1 heterocycles. The average molecular weight is 266 g/mol. The number of benzene rings is 1. The fourth-order valence-corrected chi connectivity index (χ4v) is 2.19. The summed E-state index contributed by atoms with van der Waals surface area (Å²) in [4.78, 5) is 0. The van der Waals surface area contributed by atoms with E-state index in [0.717, 1.165) is 28.1 Å². The fourth-order valence-electron chi connectivity index (χ4n) is 2.03. The van der Waals surface area contributed by atoms with E-state index in [0.29, 0.717) is 10.8 Å². The summed E-state index contributed by atoms with van der Waals surface area (Å²) in [5, 5.41) is 5.00. The molecule has 2 aromatic rings. The smallest absolute Gasteiger partial charge is 0.129 e. The van der Waals surface area contributed by atoms with Gasteiger partial charge in [0.1, 0.15) is 11.6 Å². The fraction of sp³-hybridized carbons (Fsp3) is 0.308. The molecule has 0 fully saturated rings. The predicted molar refractivity (Wildman–Crippen MR) is 74.1 cm³/mol. The number of halogens is 1. The van der Waals surface area contributed by atoms with Gasteiger partial charge in [-0.2, -0.15) is 5.10 Å². The molecule has 0 aliphatic carbocycles. The van der Waals surface area contributed by atoms with E-state index in [1.54, 1.807) is 11.8 Å². The molecule has 96 valence electrons. The Morgan fingerprint density at radius 1 is 1.33 bits per heavy atom. The van der Waals surface area contributed by atoms with E-state index >= 15 is 0 Å². The van der Waals surface area contributed by atoms with Crippen molar-refractivity contribution in [3.8, 4) is 16.9 Å². The second-order valence-corrected chi connectivity index (χ2v) is 4.68. The topological polar surface area (TPSA) is 53.1 Å². The van der Waals surface area contributed by atoms with Crippen molar-refractivity contribution in [1.82, 2.24) is 9.78 Å². The minimum Gasteiger partial charge on any atom is -0.496 e. The average Bonchev–Trinajstić information content (AvgIpc) is 2.57. The van der Waals surface area contributed by atoms with E-state index < -0.39 is 0 Å². The Kier molecular flexibility index (Phi) is 3.22. The van der Waals surface area contributed by atoms with Crippen LogP contribution in [-0.2, 0) is 7.05 Å². The molecule has 0 radical (unpaired) electrons. The van der Waals surface area contributed by atoms with Crippen LogP contribution in [0, 0.1) is 13.8 Å². The van der Waals surface area contributed by atoms with Crippen molar-refractivity contribution in [2.45, 2.75) is 13.8 Å². The standard InChI is InChI=1S/C13H16ClN3O/c1-7-5-11(18-4)9(6-10(7)14)12-8(2)16-17(3)13(12)15/h5-6H,15H2,1-4H3. The molecule has 0 aliphatic rings. The summed E-state index contributed by atoms with van der Waals surface area (Å²) in [6.07, 6.45) is 0.